The minimum Gasteiger partial charge on any atom is -0.508 e. The van der Waals surface area contributed by atoms with Crippen molar-refractivity contribution in [3.63, 3.8) is 0 Å². The van der Waals surface area contributed by atoms with E-state index in [0.29, 0.717) is 5.56 Å². The Morgan fingerprint density at radius 3 is 1.52 bits per heavy atom. The summed E-state index contributed by atoms with van der Waals surface area (Å²) in [7, 11) is 0. The number of rotatable bonds is 2. The summed E-state index contributed by atoms with van der Waals surface area (Å²) in [4.78, 5) is 0. The zero-order valence-electron chi connectivity index (χ0n) is 11.1. The molecular formula is C18H13FO2. The number of phenols is 2. The van der Waals surface area contributed by atoms with E-state index in [1.807, 2.05) is 36.4 Å². The Bertz CT molecular complexity index is 762. The molecule has 0 radical (unpaired) electrons. The fourth-order valence-electron chi connectivity index (χ4n) is 2.20. The maximum atomic E-state index is 13.4. The molecule has 0 unspecified atom stereocenters. The normalized spacial score (nSPS) is 10.5. The van der Waals surface area contributed by atoms with E-state index in [1.54, 1.807) is 18.2 Å². The third kappa shape index (κ3) is 2.72. The van der Waals surface area contributed by atoms with Crippen LogP contribution in [0.1, 0.15) is 0 Å². The zero-order valence-corrected chi connectivity index (χ0v) is 11.1. The molecule has 0 fully saturated rings. The van der Waals surface area contributed by atoms with Crippen LogP contribution in [0.25, 0.3) is 22.3 Å². The van der Waals surface area contributed by atoms with E-state index in [1.165, 1.54) is 12.1 Å². The molecule has 104 valence electrons. The highest BCUT2D eigenvalue weighted by atomic mass is 19.1. The van der Waals surface area contributed by atoms with Crippen LogP contribution in [0.4, 0.5) is 4.39 Å². The molecule has 3 aromatic rings. The van der Waals surface area contributed by atoms with Gasteiger partial charge in [0, 0.05) is 0 Å². The number of hydrogen-bond acceptors (Lipinski definition) is 2. The molecule has 0 amide bonds. The molecule has 0 aliphatic heterocycles. The second-order valence-corrected chi connectivity index (χ2v) is 4.79. The predicted octanol–water partition coefficient (Wildman–Crippen LogP) is 4.57. The second kappa shape index (κ2) is 5.29. The van der Waals surface area contributed by atoms with Gasteiger partial charge in [-0.25, -0.2) is 4.39 Å². The van der Waals surface area contributed by atoms with Crippen LogP contribution in [0.15, 0.2) is 66.7 Å². The predicted molar refractivity (Wildman–Crippen MR) is 80.6 cm³/mol. The van der Waals surface area contributed by atoms with Crippen molar-refractivity contribution in [2.75, 3.05) is 0 Å². The minimum absolute atomic E-state index is 0.231. The molecule has 2 N–H and O–H groups in total. The fourth-order valence-corrected chi connectivity index (χ4v) is 2.20. The summed E-state index contributed by atoms with van der Waals surface area (Å²) in [5, 5.41) is 18.5. The van der Waals surface area contributed by atoms with Gasteiger partial charge in [0.1, 0.15) is 5.75 Å². The maximum Gasteiger partial charge on any atom is 0.165 e. The van der Waals surface area contributed by atoms with Crippen LogP contribution >= 0.6 is 0 Å². The van der Waals surface area contributed by atoms with Gasteiger partial charge in [0.05, 0.1) is 0 Å². The lowest BCUT2D eigenvalue weighted by Crippen LogP contribution is -1.82. The Morgan fingerprint density at radius 2 is 1.00 bits per heavy atom. The van der Waals surface area contributed by atoms with Gasteiger partial charge in [-0.05, 0) is 46.5 Å². The van der Waals surface area contributed by atoms with E-state index >= 15 is 0 Å². The fraction of sp³-hybridized carbons (Fsp3) is 0. The van der Waals surface area contributed by atoms with Gasteiger partial charge in [-0.2, -0.15) is 0 Å². The van der Waals surface area contributed by atoms with E-state index in [0.717, 1.165) is 16.7 Å². The molecule has 2 nitrogen and oxygen atoms in total. The van der Waals surface area contributed by atoms with Gasteiger partial charge in [-0.1, -0.05) is 42.5 Å². The zero-order chi connectivity index (χ0) is 14.8. The summed E-state index contributed by atoms with van der Waals surface area (Å²) >= 11 is 0. The molecule has 3 aromatic carbocycles. The first-order valence-electron chi connectivity index (χ1n) is 6.52. The van der Waals surface area contributed by atoms with Crippen LogP contribution < -0.4 is 0 Å². The average Bonchev–Trinajstić information content (AvgIpc) is 2.51. The van der Waals surface area contributed by atoms with Crippen molar-refractivity contribution >= 4 is 0 Å². The highest BCUT2D eigenvalue weighted by Crippen LogP contribution is 2.28. The summed E-state index contributed by atoms with van der Waals surface area (Å²) < 4.78 is 13.4. The van der Waals surface area contributed by atoms with Crippen molar-refractivity contribution in [3.8, 4) is 33.8 Å². The molecule has 0 aliphatic rings. The molecule has 0 saturated carbocycles. The Balaban J connectivity index is 1.93. The van der Waals surface area contributed by atoms with Crippen LogP contribution in [-0.4, -0.2) is 10.2 Å². The van der Waals surface area contributed by atoms with Gasteiger partial charge < -0.3 is 10.2 Å². The van der Waals surface area contributed by atoms with Crippen molar-refractivity contribution in [2.45, 2.75) is 0 Å². The van der Waals surface area contributed by atoms with Crippen molar-refractivity contribution in [1.82, 2.24) is 0 Å². The van der Waals surface area contributed by atoms with Crippen molar-refractivity contribution < 1.29 is 14.6 Å². The number of benzene rings is 3. The summed E-state index contributed by atoms with van der Waals surface area (Å²) in [6, 6.07) is 18.9. The number of hydrogen-bond donors (Lipinski definition) is 2. The largest absolute Gasteiger partial charge is 0.508 e. The minimum atomic E-state index is -0.630. The van der Waals surface area contributed by atoms with Gasteiger partial charge in [0.2, 0.25) is 0 Å². The number of aromatic hydroxyl groups is 2. The second-order valence-electron chi connectivity index (χ2n) is 4.79. The lowest BCUT2D eigenvalue weighted by atomic mass is 10.00. The molecule has 21 heavy (non-hydrogen) atoms. The molecule has 0 bridgehead atoms. The van der Waals surface area contributed by atoms with Crippen LogP contribution in [0.3, 0.4) is 0 Å². The molecule has 3 rings (SSSR count). The molecule has 0 spiro atoms. The lowest BCUT2D eigenvalue weighted by Gasteiger charge is -2.06. The van der Waals surface area contributed by atoms with Crippen LogP contribution in [-0.2, 0) is 0 Å². The van der Waals surface area contributed by atoms with Gasteiger partial charge >= 0.3 is 0 Å². The molecule has 0 atom stereocenters. The van der Waals surface area contributed by atoms with Crippen molar-refractivity contribution in [1.29, 1.82) is 0 Å². The topological polar surface area (TPSA) is 40.5 Å². The first-order chi connectivity index (χ1) is 10.1. The maximum absolute atomic E-state index is 13.4. The molecule has 0 heterocycles. The van der Waals surface area contributed by atoms with E-state index in [-0.39, 0.29) is 11.5 Å². The standard InChI is InChI=1S/C18H13FO2/c19-17-11-15(7-10-18(17)21)14-3-1-12(2-4-14)13-5-8-16(20)9-6-13/h1-11,20-21H. The highest BCUT2D eigenvalue weighted by molar-refractivity contribution is 5.71. The monoisotopic (exact) mass is 280 g/mol. The third-order valence-electron chi connectivity index (χ3n) is 3.37. The van der Waals surface area contributed by atoms with Gasteiger partial charge in [-0.3, -0.25) is 0 Å². The Morgan fingerprint density at radius 1 is 0.571 bits per heavy atom. The van der Waals surface area contributed by atoms with E-state index in [4.69, 9.17) is 0 Å². The Kier molecular flexibility index (Phi) is 3.32. The van der Waals surface area contributed by atoms with Gasteiger partial charge in [0.25, 0.3) is 0 Å². The molecule has 0 aliphatic carbocycles. The lowest BCUT2D eigenvalue weighted by molar-refractivity contribution is 0.432. The quantitative estimate of drug-likeness (QED) is 0.721. The summed E-state index contributed by atoms with van der Waals surface area (Å²) in [5.41, 5.74) is 3.59. The van der Waals surface area contributed by atoms with Crippen LogP contribution in [0, 0.1) is 5.82 Å². The van der Waals surface area contributed by atoms with Gasteiger partial charge in [0.15, 0.2) is 11.6 Å². The number of halogens is 1. The van der Waals surface area contributed by atoms with E-state index < -0.39 is 5.82 Å². The third-order valence-corrected chi connectivity index (χ3v) is 3.37. The van der Waals surface area contributed by atoms with E-state index in [2.05, 4.69) is 0 Å². The smallest absolute Gasteiger partial charge is 0.165 e. The highest BCUT2D eigenvalue weighted by Gasteiger charge is 2.04. The molecule has 3 heteroatoms. The summed E-state index contributed by atoms with van der Waals surface area (Å²) in [6.45, 7) is 0. The van der Waals surface area contributed by atoms with Crippen molar-refractivity contribution in [3.05, 3.63) is 72.5 Å². The Hall–Kier alpha value is -2.81. The summed E-state index contributed by atoms with van der Waals surface area (Å²) in [5.74, 6) is -0.746. The van der Waals surface area contributed by atoms with Crippen molar-refractivity contribution in [2.24, 2.45) is 0 Å². The molecule has 0 aromatic heterocycles. The first kappa shape index (κ1) is 13.2. The van der Waals surface area contributed by atoms with E-state index in [9.17, 15) is 14.6 Å². The SMILES string of the molecule is Oc1ccc(-c2ccc(-c3ccc(O)c(F)c3)cc2)cc1. The molecular weight excluding hydrogens is 267 g/mol. The molecule has 0 saturated heterocycles. The summed E-state index contributed by atoms with van der Waals surface area (Å²) in [6.07, 6.45) is 0. The first-order valence-corrected chi connectivity index (χ1v) is 6.52. The van der Waals surface area contributed by atoms with Crippen LogP contribution in [0.2, 0.25) is 0 Å². The number of phenolic OH excluding ortho intramolecular Hbond substituents is 2. The van der Waals surface area contributed by atoms with Crippen LogP contribution in [0.5, 0.6) is 11.5 Å². The average molecular weight is 280 g/mol. The van der Waals surface area contributed by atoms with Gasteiger partial charge in [-0.15, -0.1) is 0 Å². The Labute approximate surface area is 121 Å².